The molecule has 1 unspecified atom stereocenters. The van der Waals surface area contributed by atoms with Gasteiger partial charge < -0.3 is 10.1 Å². The van der Waals surface area contributed by atoms with Crippen LogP contribution in [-0.2, 0) is 0 Å². The quantitative estimate of drug-likeness (QED) is 0.833. The Bertz CT molecular complexity index is 376. The smallest absolute Gasteiger partial charge is 0.119 e. The number of nitrogens with one attached hydrogen (secondary N) is 1. The molecule has 0 aliphatic heterocycles. The van der Waals surface area contributed by atoms with Crippen molar-refractivity contribution < 1.29 is 4.74 Å². The molecule has 2 nitrogen and oxygen atoms in total. The lowest BCUT2D eigenvalue weighted by molar-refractivity contribution is 0.413. The third-order valence-corrected chi connectivity index (χ3v) is 3.14. The van der Waals surface area contributed by atoms with E-state index in [0.717, 1.165) is 27.9 Å². The van der Waals surface area contributed by atoms with Gasteiger partial charge in [0.25, 0.3) is 0 Å². The summed E-state index contributed by atoms with van der Waals surface area (Å²) in [6.45, 7) is 9.04. The highest BCUT2D eigenvalue weighted by atomic mass is 79.9. The van der Waals surface area contributed by atoms with E-state index in [9.17, 15) is 0 Å². The van der Waals surface area contributed by atoms with Crippen molar-refractivity contribution in [3.05, 3.63) is 40.4 Å². The van der Waals surface area contributed by atoms with E-state index in [4.69, 9.17) is 4.74 Å². The molecule has 0 aliphatic carbocycles. The summed E-state index contributed by atoms with van der Waals surface area (Å²) in [5.74, 6) is 0.863. The van der Waals surface area contributed by atoms with E-state index < -0.39 is 0 Å². The summed E-state index contributed by atoms with van der Waals surface area (Å²) in [5.41, 5.74) is 2.25. The Balaban J connectivity index is 3.11. The minimum Gasteiger partial charge on any atom is -0.497 e. The first-order chi connectivity index (χ1) is 7.60. The Morgan fingerprint density at radius 1 is 1.56 bits per heavy atom. The van der Waals surface area contributed by atoms with Gasteiger partial charge in [-0.1, -0.05) is 35.0 Å². The Hall–Kier alpha value is -0.800. The zero-order valence-corrected chi connectivity index (χ0v) is 11.6. The largest absolute Gasteiger partial charge is 0.497 e. The molecule has 1 atom stereocenters. The van der Waals surface area contributed by atoms with Crippen LogP contribution >= 0.6 is 15.9 Å². The fraction of sp³-hybridized carbons (Fsp3) is 0.385. The average Bonchev–Trinajstić information content (AvgIpc) is 2.27. The van der Waals surface area contributed by atoms with Crippen LogP contribution in [0.5, 0.6) is 5.75 Å². The second-order valence-corrected chi connectivity index (χ2v) is 4.58. The SMILES string of the molecule is C=C(C)C(NCC)c1cc(OC)ccc1Br. The Morgan fingerprint density at radius 3 is 2.75 bits per heavy atom. The van der Waals surface area contributed by atoms with Crippen molar-refractivity contribution in [2.75, 3.05) is 13.7 Å². The highest BCUT2D eigenvalue weighted by Crippen LogP contribution is 2.30. The predicted octanol–water partition coefficient (Wildman–Crippen LogP) is 3.68. The summed E-state index contributed by atoms with van der Waals surface area (Å²) in [6.07, 6.45) is 0. The summed E-state index contributed by atoms with van der Waals surface area (Å²) >= 11 is 3.56. The lowest BCUT2D eigenvalue weighted by Crippen LogP contribution is -2.21. The van der Waals surface area contributed by atoms with Gasteiger partial charge in [-0.3, -0.25) is 0 Å². The first-order valence-electron chi connectivity index (χ1n) is 5.32. The molecule has 0 radical (unpaired) electrons. The fourth-order valence-electron chi connectivity index (χ4n) is 1.62. The molecule has 0 fully saturated rings. The summed E-state index contributed by atoms with van der Waals surface area (Å²) < 4.78 is 6.31. The van der Waals surface area contributed by atoms with Crippen molar-refractivity contribution in [1.82, 2.24) is 5.32 Å². The molecule has 16 heavy (non-hydrogen) atoms. The number of hydrogen-bond donors (Lipinski definition) is 1. The van der Waals surface area contributed by atoms with Crippen LogP contribution in [0.4, 0.5) is 0 Å². The van der Waals surface area contributed by atoms with Crippen LogP contribution in [0.15, 0.2) is 34.8 Å². The van der Waals surface area contributed by atoms with Crippen LogP contribution in [0.25, 0.3) is 0 Å². The molecule has 1 N–H and O–H groups in total. The zero-order chi connectivity index (χ0) is 12.1. The Kier molecular flexibility index (Phi) is 5.03. The molecule has 0 aromatic heterocycles. The van der Waals surface area contributed by atoms with Crippen molar-refractivity contribution >= 4 is 15.9 Å². The lowest BCUT2D eigenvalue weighted by atomic mass is 10.0. The fourth-order valence-corrected chi connectivity index (χ4v) is 2.10. The maximum Gasteiger partial charge on any atom is 0.119 e. The van der Waals surface area contributed by atoms with Gasteiger partial charge >= 0.3 is 0 Å². The maximum atomic E-state index is 5.24. The van der Waals surface area contributed by atoms with Gasteiger partial charge in [0.2, 0.25) is 0 Å². The second kappa shape index (κ2) is 6.06. The van der Waals surface area contributed by atoms with Crippen molar-refractivity contribution in [3.8, 4) is 5.75 Å². The van der Waals surface area contributed by atoms with Crippen LogP contribution in [-0.4, -0.2) is 13.7 Å². The Labute approximate surface area is 106 Å². The summed E-state index contributed by atoms with van der Waals surface area (Å²) in [7, 11) is 1.68. The van der Waals surface area contributed by atoms with Crippen LogP contribution in [0.3, 0.4) is 0 Å². The molecule has 1 aromatic carbocycles. The van der Waals surface area contributed by atoms with Gasteiger partial charge in [-0.25, -0.2) is 0 Å². The molecule has 0 saturated heterocycles. The molecular weight excluding hydrogens is 266 g/mol. The van der Waals surface area contributed by atoms with Gasteiger partial charge in [0.05, 0.1) is 13.2 Å². The van der Waals surface area contributed by atoms with Gasteiger partial charge in [0.15, 0.2) is 0 Å². The number of rotatable bonds is 5. The molecule has 0 aliphatic rings. The average molecular weight is 284 g/mol. The zero-order valence-electron chi connectivity index (χ0n) is 10.0. The van der Waals surface area contributed by atoms with E-state index in [1.807, 2.05) is 25.1 Å². The van der Waals surface area contributed by atoms with Gasteiger partial charge in [-0.05, 0) is 37.2 Å². The van der Waals surface area contributed by atoms with E-state index in [2.05, 4.69) is 34.7 Å². The number of ether oxygens (including phenoxy) is 1. The highest BCUT2D eigenvalue weighted by Gasteiger charge is 2.14. The van der Waals surface area contributed by atoms with Crippen LogP contribution < -0.4 is 10.1 Å². The molecule has 0 heterocycles. The van der Waals surface area contributed by atoms with Crippen LogP contribution in [0.1, 0.15) is 25.5 Å². The third-order valence-electron chi connectivity index (χ3n) is 2.42. The molecule has 0 bridgehead atoms. The molecule has 88 valence electrons. The van der Waals surface area contributed by atoms with E-state index in [0.29, 0.717) is 0 Å². The first-order valence-corrected chi connectivity index (χ1v) is 6.11. The number of benzene rings is 1. The minimum atomic E-state index is 0.162. The summed E-state index contributed by atoms with van der Waals surface area (Å²) in [4.78, 5) is 0. The molecule has 0 saturated carbocycles. The second-order valence-electron chi connectivity index (χ2n) is 3.72. The highest BCUT2D eigenvalue weighted by molar-refractivity contribution is 9.10. The molecule has 3 heteroatoms. The van der Waals surface area contributed by atoms with Crippen molar-refractivity contribution in [2.24, 2.45) is 0 Å². The van der Waals surface area contributed by atoms with Crippen molar-refractivity contribution in [3.63, 3.8) is 0 Å². The predicted molar refractivity (Wildman–Crippen MR) is 71.9 cm³/mol. The number of likely N-dealkylation sites (N-methyl/N-ethyl adjacent to an activating group) is 1. The van der Waals surface area contributed by atoms with Crippen molar-refractivity contribution in [1.29, 1.82) is 0 Å². The molecule has 0 amide bonds. The monoisotopic (exact) mass is 283 g/mol. The summed E-state index contributed by atoms with van der Waals surface area (Å²) in [6, 6.07) is 6.14. The van der Waals surface area contributed by atoms with Crippen LogP contribution in [0, 0.1) is 0 Å². The molecule has 1 rings (SSSR count). The van der Waals surface area contributed by atoms with E-state index >= 15 is 0 Å². The van der Waals surface area contributed by atoms with E-state index in [1.54, 1.807) is 7.11 Å². The molecule has 1 aromatic rings. The van der Waals surface area contributed by atoms with Gasteiger partial charge in [-0.15, -0.1) is 0 Å². The molecular formula is C13H18BrNO. The van der Waals surface area contributed by atoms with Gasteiger partial charge in [-0.2, -0.15) is 0 Å². The van der Waals surface area contributed by atoms with Gasteiger partial charge in [0, 0.05) is 4.47 Å². The lowest BCUT2D eigenvalue weighted by Gasteiger charge is -2.20. The van der Waals surface area contributed by atoms with E-state index in [-0.39, 0.29) is 6.04 Å². The topological polar surface area (TPSA) is 21.3 Å². The first kappa shape index (κ1) is 13.3. The van der Waals surface area contributed by atoms with Crippen LogP contribution in [0.2, 0.25) is 0 Å². The normalized spacial score (nSPS) is 12.2. The Morgan fingerprint density at radius 2 is 2.25 bits per heavy atom. The maximum absolute atomic E-state index is 5.24. The standard InChI is InChI=1S/C13H18BrNO/c1-5-15-13(9(2)3)11-8-10(16-4)6-7-12(11)14/h6-8,13,15H,2,5H2,1,3-4H3. The van der Waals surface area contributed by atoms with E-state index in [1.165, 1.54) is 0 Å². The number of hydrogen-bond acceptors (Lipinski definition) is 2. The van der Waals surface area contributed by atoms with Gasteiger partial charge in [0.1, 0.15) is 5.75 Å². The van der Waals surface area contributed by atoms with Crippen molar-refractivity contribution in [2.45, 2.75) is 19.9 Å². The number of halogens is 1. The minimum absolute atomic E-state index is 0.162. The molecule has 0 spiro atoms. The summed E-state index contributed by atoms with van der Waals surface area (Å²) in [5, 5.41) is 3.41. The number of methoxy groups -OCH3 is 1. The third kappa shape index (κ3) is 3.09.